The van der Waals surface area contributed by atoms with E-state index in [0.717, 1.165) is 43.5 Å². The van der Waals surface area contributed by atoms with Crippen molar-refractivity contribution in [2.45, 2.75) is 19.3 Å². The van der Waals surface area contributed by atoms with E-state index in [1.165, 1.54) is 11.9 Å². The molecule has 0 aliphatic carbocycles. The summed E-state index contributed by atoms with van der Waals surface area (Å²) in [6.07, 6.45) is 4.55. The fourth-order valence-corrected chi connectivity index (χ4v) is 4.81. The van der Waals surface area contributed by atoms with Gasteiger partial charge in [-0.25, -0.2) is 4.68 Å². The van der Waals surface area contributed by atoms with Gasteiger partial charge in [-0.05, 0) is 83.1 Å². The van der Waals surface area contributed by atoms with E-state index in [-0.39, 0.29) is 5.91 Å². The number of likely N-dealkylation sites (tertiary alicyclic amines) is 1. The molecule has 2 heterocycles. The molecule has 1 aromatic heterocycles. The number of carbonyl (C=O) groups excluding carboxylic acids is 1. The molecule has 3 aromatic carbocycles. The highest BCUT2D eigenvalue weighted by Crippen LogP contribution is 2.35. The lowest BCUT2D eigenvalue weighted by atomic mass is 9.90. The highest BCUT2D eigenvalue weighted by molar-refractivity contribution is 5.96. The van der Waals surface area contributed by atoms with Gasteiger partial charge in [0.05, 0.1) is 19.9 Å². The van der Waals surface area contributed by atoms with Crippen LogP contribution in [0.1, 0.15) is 28.8 Å². The van der Waals surface area contributed by atoms with Crippen molar-refractivity contribution in [3.05, 3.63) is 84.2 Å². The molecule has 1 fully saturated rings. The van der Waals surface area contributed by atoms with Gasteiger partial charge < -0.3 is 14.4 Å². The second kappa shape index (κ2) is 10.6. The second-order valence-corrected chi connectivity index (χ2v) is 9.01. The van der Waals surface area contributed by atoms with Crippen LogP contribution in [0.5, 0.6) is 11.5 Å². The zero-order chi connectivity index (χ0) is 24.9. The maximum Gasteiger partial charge on any atom is 0.253 e. The fourth-order valence-electron chi connectivity index (χ4n) is 4.81. The number of nitrogens with zero attached hydrogens (tertiary/aromatic N) is 5. The largest absolute Gasteiger partial charge is 0.497 e. The monoisotopic (exact) mass is 483 g/mol. The molecular formula is C28H29N5O3. The molecule has 8 nitrogen and oxygen atoms in total. The van der Waals surface area contributed by atoms with Gasteiger partial charge in [0.1, 0.15) is 17.8 Å². The Morgan fingerprint density at radius 2 is 1.78 bits per heavy atom. The number of piperidine rings is 1. The van der Waals surface area contributed by atoms with E-state index in [1.54, 1.807) is 18.9 Å². The van der Waals surface area contributed by atoms with Crippen LogP contribution in [-0.4, -0.2) is 58.3 Å². The molecule has 0 N–H and O–H groups in total. The molecule has 0 bridgehead atoms. The molecule has 0 atom stereocenters. The summed E-state index contributed by atoms with van der Waals surface area (Å²) in [6, 6.07) is 21.9. The summed E-state index contributed by atoms with van der Waals surface area (Å²) < 4.78 is 12.6. The SMILES string of the molecule is COc1ccc(OC)c(-c2cc(C(=O)N3CCC(Cc4ccccc4)CC3)cc(-n3cnnn3)c2)c1. The Bertz CT molecular complexity index is 1320. The maximum absolute atomic E-state index is 13.7. The topological polar surface area (TPSA) is 82.4 Å². The van der Waals surface area contributed by atoms with Crippen molar-refractivity contribution in [3.8, 4) is 28.3 Å². The van der Waals surface area contributed by atoms with E-state index in [0.29, 0.717) is 28.7 Å². The van der Waals surface area contributed by atoms with Gasteiger partial charge in [-0.3, -0.25) is 4.79 Å². The first-order valence-corrected chi connectivity index (χ1v) is 12.1. The molecule has 1 saturated heterocycles. The van der Waals surface area contributed by atoms with Crippen LogP contribution in [0.3, 0.4) is 0 Å². The summed E-state index contributed by atoms with van der Waals surface area (Å²) in [5.41, 5.74) is 4.28. The number of hydrogen-bond acceptors (Lipinski definition) is 6. The van der Waals surface area contributed by atoms with E-state index in [9.17, 15) is 4.79 Å². The third-order valence-electron chi connectivity index (χ3n) is 6.76. The summed E-state index contributed by atoms with van der Waals surface area (Å²) in [5.74, 6) is 1.98. The number of methoxy groups -OCH3 is 2. The summed E-state index contributed by atoms with van der Waals surface area (Å²) in [5, 5.41) is 11.6. The molecule has 1 aliphatic rings. The third-order valence-corrected chi connectivity index (χ3v) is 6.76. The number of carbonyl (C=O) groups is 1. The van der Waals surface area contributed by atoms with Crippen LogP contribution in [0.15, 0.2) is 73.1 Å². The average molecular weight is 484 g/mol. The van der Waals surface area contributed by atoms with Crippen molar-refractivity contribution >= 4 is 5.91 Å². The summed E-state index contributed by atoms with van der Waals surface area (Å²) in [7, 11) is 3.25. The molecule has 0 saturated carbocycles. The molecule has 4 aromatic rings. The van der Waals surface area contributed by atoms with E-state index < -0.39 is 0 Å². The Labute approximate surface area is 210 Å². The van der Waals surface area contributed by atoms with Crippen LogP contribution >= 0.6 is 0 Å². The van der Waals surface area contributed by atoms with Crippen molar-refractivity contribution in [2.75, 3.05) is 27.3 Å². The van der Waals surface area contributed by atoms with Crippen LogP contribution in [0, 0.1) is 5.92 Å². The highest BCUT2D eigenvalue weighted by Gasteiger charge is 2.25. The molecule has 0 radical (unpaired) electrons. The molecule has 8 heteroatoms. The highest BCUT2D eigenvalue weighted by atomic mass is 16.5. The lowest BCUT2D eigenvalue weighted by Gasteiger charge is -2.32. The Hall–Kier alpha value is -4.20. The zero-order valence-corrected chi connectivity index (χ0v) is 20.5. The number of rotatable bonds is 7. The standard InChI is InChI=1S/C28H29N5O3/c1-35-25-8-9-27(36-2)26(18-25)22-15-23(17-24(16-22)33-19-29-30-31-33)28(34)32-12-10-21(11-13-32)14-20-6-4-3-5-7-20/h3-9,15-19,21H,10-14H2,1-2H3. The van der Waals surface area contributed by atoms with E-state index >= 15 is 0 Å². The molecular weight excluding hydrogens is 454 g/mol. The maximum atomic E-state index is 13.7. The first-order valence-electron chi connectivity index (χ1n) is 12.1. The minimum atomic E-state index is 0.00574. The smallest absolute Gasteiger partial charge is 0.253 e. The van der Waals surface area contributed by atoms with E-state index in [4.69, 9.17) is 9.47 Å². The van der Waals surface area contributed by atoms with E-state index in [2.05, 4.69) is 39.8 Å². The first-order chi connectivity index (χ1) is 17.6. The van der Waals surface area contributed by atoms with Gasteiger partial charge in [-0.2, -0.15) is 0 Å². The minimum Gasteiger partial charge on any atom is -0.497 e. The summed E-state index contributed by atoms with van der Waals surface area (Å²) in [6.45, 7) is 1.48. The van der Waals surface area contributed by atoms with Crippen molar-refractivity contribution < 1.29 is 14.3 Å². The third kappa shape index (κ3) is 5.07. The first kappa shape index (κ1) is 23.5. The van der Waals surface area contributed by atoms with Gasteiger partial charge in [-0.1, -0.05) is 30.3 Å². The van der Waals surface area contributed by atoms with Gasteiger partial charge >= 0.3 is 0 Å². The summed E-state index contributed by atoms with van der Waals surface area (Å²) >= 11 is 0. The minimum absolute atomic E-state index is 0.00574. The Balaban J connectivity index is 1.42. The van der Waals surface area contributed by atoms with Gasteiger partial charge in [-0.15, -0.1) is 5.10 Å². The van der Waals surface area contributed by atoms with Gasteiger partial charge in [0.15, 0.2) is 0 Å². The van der Waals surface area contributed by atoms with Crippen molar-refractivity contribution in [2.24, 2.45) is 5.92 Å². The van der Waals surface area contributed by atoms with Crippen LogP contribution in [-0.2, 0) is 6.42 Å². The van der Waals surface area contributed by atoms with E-state index in [1.807, 2.05) is 47.4 Å². The number of hydrogen-bond donors (Lipinski definition) is 0. The van der Waals surface area contributed by atoms with Crippen LogP contribution in [0.2, 0.25) is 0 Å². The van der Waals surface area contributed by atoms with Crippen LogP contribution < -0.4 is 9.47 Å². The fraction of sp³-hybridized carbons (Fsp3) is 0.286. The molecule has 0 unspecified atom stereocenters. The predicted molar refractivity (Wildman–Crippen MR) is 136 cm³/mol. The second-order valence-electron chi connectivity index (χ2n) is 9.01. The number of aromatic nitrogens is 4. The Kier molecular flexibility index (Phi) is 6.93. The molecule has 5 rings (SSSR count). The predicted octanol–water partition coefficient (Wildman–Crippen LogP) is 4.44. The lowest BCUT2D eigenvalue weighted by Crippen LogP contribution is -2.39. The van der Waals surface area contributed by atoms with Crippen LogP contribution in [0.4, 0.5) is 0 Å². The normalized spacial score (nSPS) is 14.0. The van der Waals surface area contributed by atoms with Crippen LogP contribution in [0.25, 0.3) is 16.8 Å². The van der Waals surface area contributed by atoms with Gasteiger partial charge in [0, 0.05) is 24.2 Å². The zero-order valence-electron chi connectivity index (χ0n) is 20.5. The number of tetrazole rings is 1. The molecule has 1 amide bonds. The quantitative estimate of drug-likeness (QED) is 0.387. The molecule has 1 aliphatic heterocycles. The molecule has 184 valence electrons. The van der Waals surface area contributed by atoms with Gasteiger partial charge in [0.2, 0.25) is 0 Å². The number of ether oxygens (including phenoxy) is 2. The molecule has 36 heavy (non-hydrogen) atoms. The van der Waals surface area contributed by atoms with Crippen molar-refractivity contribution in [1.29, 1.82) is 0 Å². The Morgan fingerprint density at radius 1 is 0.972 bits per heavy atom. The Morgan fingerprint density at radius 3 is 2.47 bits per heavy atom. The van der Waals surface area contributed by atoms with Crippen molar-refractivity contribution in [1.82, 2.24) is 25.1 Å². The lowest BCUT2D eigenvalue weighted by molar-refractivity contribution is 0.0690. The number of amides is 1. The van der Waals surface area contributed by atoms with Gasteiger partial charge in [0.25, 0.3) is 5.91 Å². The molecule has 0 spiro atoms. The average Bonchev–Trinajstić information content (AvgIpc) is 3.48. The number of benzene rings is 3. The van der Waals surface area contributed by atoms with Crippen molar-refractivity contribution in [3.63, 3.8) is 0 Å². The summed E-state index contributed by atoms with van der Waals surface area (Å²) in [4.78, 5) is 15.6.